The van der Waals surface area contributed by atoms with Crippen LogP contribution in [0.5, 0.6) is 0 Å². The van der Waals surface area contributed by atoms with E-state index >= 15 is 0 Å². The Hall–Kier alpha value is -2.44. The summed E-state index contributed by atoms with van der Waals surface area (Å²) in [5, 5.41) is 23.1. The molecular weight excluding hydrogens is 887 g/mol. The zero-order valence-corrected chi connectivity index (χ0v) is 47.9. The van der Waals surface area contributed by atoms with Crippen molar-refractivity contribution in [3.8, 4) is 0 Å². The van der Waals surface area contributed by atoms with Crippen LogP contribution >= 0.6 is 0 Å². The fourth-order valence-electron chi connectivity index (χ4n) is 9.41. The second-order valence-electron chi connectivity index (χ2n) is 21.4. The third-order valence-electron chi connectivity index (χ3n) is 14.2. The second-order valence-corrected chi connectivity index (χ2v) is 21.4. The van der Waals surface area contributed by atoms with E-state index in [9.17, 15) is 19.8 Å². The zero-order valence-electron chi connectivity index (χ0n) is 47.9. The molecule has 0 saturated carbocycles. The molecule has 6 nitrogen and oxygen atoms in total. The van der Waals surface area contributed by atoms with Crippen LogP contribution in [0, 0.1) is 0 Å². The van der Waals surface area contributed by atoms with Crippen LogP contribution in [0.15, 0.2) is 60.8 Å². The number of hydrogen-bond acceptors (Lipinski definition) is 5. The molecule has 0 fully saturated rings. The van der Waals surface area contributed by atoms with E-state index in [2.05, 4.69) is 67.8 Å². The Morgan fingerprint density at radius 2 is 0.722 bits per heavy atom. The highest BCUT2D eigenvalue weighted by Crippen LogP contribution is 2.16. The monoisotopic (exact) mass is 1010 g/mol. The Bertz CT molecular complexity index is 1250. The molecule has 0 bridgehead atoms. The van der Waals surface area contributed by atoms with Crippen LogP contribution < -0.4 is 5.32 Å². The second kappa shape index (κ2) is 61.1. The fraction of sp³-hybridized carbons (Fsp3) is 0.818. The van der Waals surface area contributed by atoms with Crippen molar-refractivity contribution in [2.45, 2.75) is 334 Å². The first kappa shape index (κ1) is 69.6. The number of hydrogen-bond donors (Lipinski definition) is 3. The van der Waals surface area contributed by atoms with E-state index in [0.29, 0.717) is 19.4 Å². The Kier molecular flexibility index (Phi) is 59.0. The van der Waals surface area contributed by atoms with Crippen LogP contribution in [0.3, 0.4) is 0 Å². The number of aliphatic hydroxyl groups is 2. The van der Waals surface area contributed by atoms with Crippen LogP contribution in [-0.4, -0.2) is 47.4 Å². The molecule has 0 radical (unpaired) electrons. The molecule has 3 N–H and O–H groups in total. The van der Waals surface area contributed by atoms with Crippen LogP contribution in [-0.2, 0) is 14.3 Å². The molecule has 0 aromatic carbocycles. The molecule has 0 heterocycles. The quantitative estimate of drug-likeness (QED) is 0.0320. The average molecular weight is 1010 g/mol. The number of rotatable bonds is 58. The summed E-state index contributed by atoms with van der Waals surface area (Å²) in [6.45, 7) is 4.83. The molecule has 0 aliphatic carbocycles. The number of allylic oxidation sites excluding steroid dienone is 9. The number of nitrogens with one attached hydrogen (secondary N) is 1. The van der Waals surface area contributed by atoms with Gasteiger partial charge < -0.3 is 20.3 Å². The van der Waals surface area contributed by atoms with E-state index in [1.165, 1.54) is 238 Å². The van der Waals surface area contributed by atoms with Gasteiger partial charge in [0.25, 0.3) is 0 Å². The van der Waals surface area contributed by atoms with Gasteiger partial charge in [-0.25, -0.2) is 0 Å². The first-order valence-electron chi connectivity index (χ1n) is 31.6. The molecule has 6 heteroatoms. The molecule has 0 aliphatic rings. The lowest BCUT2D eigenvalue weighted by molar-refractivity contribution is -0.143. The predicted molar refractivity (Wildman–Crippen MR) is 315 cm³/mol. The maximum absolute atomic E-state index is 12.4. The molecule has 0 aliphatic heterocycles. The average Bonchev–Trinajstić information content (AvgIpc) is 3.38. The zero-order chi connectivity index (χ0) is 52.2. The third kappa shape index (κ3) is 56.8. The van der Waals surface area contributed by atoms with Crippen LogP contribution in [0.25, 0.3) is 0 Å². The van der Waals surface area contributed by atoms with Gasteiger partial charge in [-0.05, 0) is 89.9 Å². The predicted octanol–water partition coefficient (Wildman–Crippen LogP) is 19.9. The summed E-state index contributed by atoms with van der Waals surface area (Å²) < 4.78 is 5.46. The van der Waals surface area contributed by atoms with E-state index in [1.807, 2.05) is 6.08 Å². The van der Waals surface area contributed by atoms with E-state index in [1.54, 1.807) is 6.08 Å². The van der Waals surface area contributed by atoms with Crippen molar-refractivity contribution in [2.24, 2.45) is 0 Å². The highest BCUT2D eigenvalue weighted by molar-refractivity contribution is 5.76. The topological polar surface area (TPSA) is 95.9 Å². The smallest absolute Gasteiger partial charge is 0.305 e. The number of unbranched alkanes of at least 4 members (excludes halogenated alkanes) is 39. The highest BCUT2D eigenvalue weighted by Gasteiger charge is 2.18. The van der Waals surface area contributed by atoms with E-state index in [4.69, 9.17) is 4.74 Å². The van der Waals surface area contributed by atoms with E-state index in [0.717, 1.165) is 57.8 Å². The van der Waals surface area contributed by atoms with Crippen molar-refractivity contribution in [3.05, 3.63) is 60.8 Å². The third-order valence-corrected chi connectivity index (χ3v) is 14.2. The van der Waals surface area contributed by atoms with Crippen molar-refractivity contribution < 1.29 is 24.5 Å². The number of aliphatic hydroxyl groups excluding tert-OH is 2. The summed E-state index contributed by atoms with van der Waals surface area (Å²) in [4.78, 5) is 24.5. The summed E-state index contributed by atoms with van der Waals surface area (Å²) in [7, 11) is 0. The first-order chi connectivity index (χ1) is 35.5. The van der Waals surface area contributed by atoms with Gasteiger partial charge in [0.05, 0.1) is 25.4 Å². The van der Waals surface area contributed by atoms with Gasteiger partial charge in [0.1, 0.15) is 0 Å². The SMILES string of the molecule is CCC/C=C\C/C=C\CCCCCCCC(=O)OCCCCCCCCCCC/C=C\C/C=C\CCCCCCCCCCCCCCCC(=O)NC(CO)C(O)/C=C/CCCCCCCCCCCCC. The Morgan fingerprint density at radius 1 is 0.389 bits per heavy atom. The molecular formula is C66H121NO5. The number of carbonyl (C=O) groups is 2. The molecule has 2 unspecified atom stereocenters. The fourth-order valence-corrected chi connectivity index (χ4v) is 9.41. The molecule has 0 aromatic rings. The summed E-state index contributed by atoms with van der Waals surface area (Å²) in [5.41, 5.74) is 0. The van der Waals surface area contributed by atoms with Crippen LogP contribution in [0.1, 0.15) is 322 Å². The van der Waals surface area contributed by atoms with Gasteiger partial charge in [-0.1, -0.05) is 280 Å². The highest BCUT2D eigenvalue weighted by atomic mass is 16.5. The lowest BCUT2D eigenvalue weighted by Gasteiger charge is -2.20. The van der Waals surface area contributed by atoms with Gasteiger partial charge in [-0.15, -0.1) is 0 Å². The van der Waals surface area contributed by atoms with Crippen LogP contribution in [0.4, 0.5) is 0 Å². The van der Waals surface area contributed by atoms with Crippen molar-refractivity contribution in [1.82, 2.24) is 5.32 Å². The molecule has 72 heavy (non-hydrogen) atoms. The summed E-state index contributed by atoms with van der Waals surface area (Å²) in [6.07, 6.45) is 79.9. The number of esters is 1. The van der Waals surface area contributed by atoms with Crippen molar-refractivity contribution in [1.29, 1.82) is 0 Å². The molecule has 1 amide bonds. The normalized spacial score (nSPS) is 13.0. The Balaban J connectivity index is 3.43. The standard InChI is InChI=1S/C66H121NO5/c1-3-5-7-9-11-13-15-34-38-42-46-50-54-58-64(69)63(62-68)67-65(70)59-55-51-47-43-39-36-32-30-28-26-24-22-20-18-17-19-21-23-25-27-29-31-33-37-41-45-49-53-57-61-72-66(71)60-56-52-48-44-40-35-16-14-12-10-8-6-4-2/h8,10,14,16-17,19,23,25,54,58,63-64,68-69H,3-7,9,11-13,15,18,20-22,24,26-53,55-57,59-62H2,1-2H3,(H,67,70)/b10-8-,16-14-,19-17-,25-23-,58-54+. The van der Waals surface area contributed by atoms with Crippen LogP contribution in [0.2, 0.25) is 0 Å². The minimum absolute atomic E-state index is 0.00437. The number of carbonyl (C=O) groups excluding carboxylic acids is 2. The van der Waals surface area contributed by atoms with E-state index < -0.39 is 12.1 Å². The lowest BCUT2D eigenvalue weighted by Crippen LogP contribution is -2.45. The largest absolute Gasteiger partial charge is 0.466 e. The van der Waals surface area contributed by atoms with Gasteiger partial charge in [-0.3, -0.25) is 9.59 Å². The number of amides is 1. The molecule has 2 atom stereocenters. The number of ether oxygens (including phenoxy) is 1. The molecule has 0 spiro atoms. The molecule has 0 saturated heterocycles. The molecule has 0 aromatic heterocycles. The first-order valence-corrected chi connectivity index (χ1v) is 31.6. The Morgan fingerprint density at radius 3 is 1.11 bits per heavy atom. The van der Waals surface area contributed by atoms with E-state index in [-0.39, 0.29) is 18.5 Å². The minimum atomic E-state index is -0.845. The van der Waals surface area contributed by atoms with Crippen molar-refractivity contribution >= 4 is 11.9 Å². The molecule has 420 valence electrons. The maximum atomic E-state index is 12.4. The van der Waals surface area contributed by atoms with Gasteiger partial charge in [0.15, 0.2) is 0 Å². The van der Waals surface area contributed by atoms with Crippen molar-refractivity contribution in [2.75, 3.05) is 13.2 Å². The maximum Gasteiger partial charge on any atom is 0.305 e. The van der Waals surface area contributed by atoms with Gasteiger partial charge in [0.2, 0.25) is 5.91 Å². The Labute approximate surface area is 448 Å². The van der Waals surface area contributed by atoms with Gasteiger partial charge in [0, 0.05) is 12.8 Å². The summed E-state index contributed by atoms with van der Waals surface area (Å²) in [5.74, 6) is -0.0738. The summed E-state index contributed by atoms with van der Waals surface area (Å²) >= 11 is 0. The summed E-state index contributed by atoms with van der Waals surface area (Å²) in [6, 6.07) is -0.629. The molecule has 0 rings (SSSR count). The van der Waals surface area contributed by atoms with Gasteiger partial charge >= 0.3 is 5.97 Å². The minimum Gasteiger partial charge on any atom is -0.466 e. The van der Waals surface area contributed by atoms with Gasteiger partial charge in [-0.2, -0.15) is 0 Å². The van der Waals surface area contributed by atoms with Crippen molar-refractivity contribution in [3.63, 3.8) is 0 Å². The lowest BCUT2D eigenvalue weighted by atomic mass is 10.0.